The van der Waals surface area contributed by atoms with Crippen molar-refractivity contribution in [1.82, 2.24) is 14.9 Å². The first-order chi connectivity index (χ1) is 10.3. The molecule has 22 heavy (non-hydrogen) atoms. The van der Waals surface area contributed by atoms with Crippen LogP contribution in [0.3, 0.4) is 0 Å². The molecule has 2 aromatic rings. The highest BCUT2D eigenvalue weighted by molar-refractivity contribution is 5.92. The monoisotopic (exact) mass is 309 g/mol. The number of alkyl halides is 3. The number of halogens is 3. The molecular formula is C15H14F3N3O. The summed E-state index contributed by atoms with van der Waals surface area (Å²) in [6.07, 6.45) is -3.44. The highest BCUT2D eigenvalue weighted by atomic mass is 19.4. The molecule has 1 atom stereocenters. The molecule has 1 aromatic heterocycles. The van der Waals surface area contributed by atoms with Crippen molar-refractivity contribution in [3.63, 3.8) is 0 Å². The highest BCUT2D eigenvalue weighted by Gasteiger charge is 2.45. The molecule has 0 aliphatic rings. The molecule has 0 N–H and O–H groups in total. The molecule has 0 aliphatic carbocycles. The van der Waals surface area contributed by atoms with Gasteiger partial charge in [-0.3, -0.25) is 4.79 Å². The zero-order chi connectivity index (χ0) is 16.3. The largest absolute Gasteiger partial charge is 0.413 e. The lowest BCUT2D eigenvalue weighted by Crippen LogP contribution is -2.40. The maximum absolute atomic E-state index is 13.4. The molecule has 0 fully saturated rings. The standard InChI is InChI=1S/C15H14F3N3O/c1-10-8-12(20-9-19-10)14(22)21(2)13(15(16,17)18)11-6-4-3-5-7-11/h3-9,13H,1-2H3/t13-/m1/s1. The predicted molar refractivity (Wildman–Crippen MR) is 74.1 cm³/mol. The summed E-state index contributed by atoms with van der Waals surface area (Å²) in [5.74, 6) is -0.809. The molecule has 0 bridgehead atoms. The maximum Gasteiger partial charge on any atom is 0.413 e. The first-order valence-electron chi connectivity index (χ1n) is 6.48. The molecule has 4 nitrogen and oxygen atoms in total. The normalized spacial score (nSPS) is 12.8. The second kappa shape index (κ2) is 6.13. The number of hydrogen-bond donors (Lipinski definition) is 0. The van der Waals surface area contributed by atoms with Gasteiger partial charge in [0.1, 0.15) is 12.0 Å². The van der Waals surface area contributed by atoms with Gasteiger partial charge in [0.2, 0.25) is 0 Å². The first kappa shape index (κ1) is 15.9. The molecule has 2 rings (SSSR count). The van der Waals surface area contributed by atoms with Crippen molar-refractivity contribution < 1.29 is 18.0 Å². The van der Waals surface area contributed by atoms with Gasteiger partial charge in [0, 0.05) is 12.7 Å². The summed E-state index contributed by atoms with van der Waals surface area (Å²) in [5, 5.41) is 0. The van der Waals surface area contributed by atoms with E-state index >= 15 is 0 Å². The van der Waals surface area contributed by atoms with Crippen LogP contribution in [0.15, 0.2) is 42.7 Å². The van der Waals surface area contributed by atoms with Gasteiger partial charge in [-0.1, -0.05) is 30.3 Å². The Bertz CT molecular complexity index is 659. The number of rotatable bonds is 3. The third kappa shape index (κ3) is 3.41. The highest BCUT2D eigenvalue weighted by Crippen LogP contribution is 2.37. The average Bonchev–Trinajstić information content (AvgIpc) is 2.46. The zero-order valence-electron chi connectivity index (χ0n) is 12.0. The number of nitrogens with zero attached hydrogens (tertiary/aromatic N) is 3. The third-order valence-electron chi connectivity index (χ3n) is 3.16. The lowest BCUT2D eigenvalue weighted by molar-refractivity contribution is -0.176. The molecule has 0 saturated heterocycles. The van der Waals surface area contributed by atoms with Crippen LogP contribution >= 0.6 is 0 Å². The number of aromatic nitrogens is 2. The van der Waals surface area contributed by atoms with Crippen molar-refractivity contribution in [3.05, 3.63) is 59.7 Å². The second-order valence-electron chi connectivity index (χ2n) is 4.82. The molecule has 0 aliphatic heterocycles. The van der Waals surface area contributed by atoms with Crippen molar-refractivity contribution in [2.75, 3.05) is 7.05 Å². The third-order valence-corrected chi connectivity index (χ3v) is 3.16. The van der Waals surface area contributed by atoms with Gasteiger partial charge in [0.05, 0.1) is 0 Å². The van der Waals surface area contributed by atoms with Gasteiger partial charge >= 0.3 is 6.18 Å². The minimum Gasteiger partial charge on any atom is -0.324 e. The van der Waals surface area contributed by atoms with E-state index in [1.165, 1.54) is 30.3 Å². The van der Waals surface area contributed by atoms with Crippen molar-refractivity contribution in [2.24, 2.45) is 0 Å². The lowest BCUT2D eigenvalue weighted by Gasteiger charge is -2.30. The molecule has 116 valence electrons. The topological polar surface area (TPSA) is 46.1 Å². The Morgan fingerprint density at radius 3 is 2.36 bits per heavy atom. The Labute approximate surface area is 125 Å². The van der Waals surface area contributed by atoms with Gasteiger partial charge in [-0.2, -0.15) is 13.2 Å². The number of benzene rings is 1. The van der Waals surface area contributed by atoms with Crippen LogP contribution in [0.25, 0.3) is 0 Å². The quantitative estimate of drug-likeness (QED) is 0.875. The summed E-state index contributed by atoms with van der Waals surface area (Å²) in [6.45, 7) is 1.64. The number of carbonyl (C=O) groups is 1. The van der Waals surface area contributed by atoms with Crippen molar-refractivity contribution >= 4 is 5.91 Å². The van der Waals surface area contributed by atoms with E-state index in [1.807, 2.05) is 0 Å². The van der Waals surface area contributed by atoms with Crippen LogP contribution in [-0.2, 0) is 0 Å². The maximum atomic E-state index is 13.4. The van der Waals surface area contributed by atoms with Crippen LogP contribution in [0.4, 0.5) is 13.2 Å². The fourth-order valence-electron chi connectivity index (χ4n) is 2.14. The Morgan fingerprint density at radius 2 is 1.82 bits per heavy atom. The molecule has 0 radical (unpaired) electrons. The molecule has 0 saturated carbocycles. The summed E-state index contributed by atoms with van der Waals surface area (Å²) in [7, 11) is 1.12. The minimum absolute atomic E-state index is 0.00312. The van der Waals surface area contributed by atoms with Gasteiger partial charge in [0.15, 0.2) is 6.04 Å². The van der Waals surface area contributed by atoms with Gasteiger partial charge < -0.3 is 4.90 Å². The van der Waals surface area contributed by atoms with Crippen LogP contribution in [0.1, 0.15) is 27.8 Å². The molecule has 0 unspecified atom stereocenters. The summed E-state index contributed by atoms with van der Waals surface area (Å²) < 4.78 is 40.2. The minimum atomic E-state index is -4.59. The van der Waals surface area contributed by atoms with Gasteiger partial charge in [-0.15, -0.1) is 0 Å². The Morgan fingerprint density at radius 1 is 1.18 bits per heavy atom. The van der Waals surface area contributed by atoms with Crippen LogP contribution < -0.4 is 0 Å². The van der Waals surface area contributed by atoms with Crippen LogP contribution in [0.2, 0.25) is 0 Å². The average molecular weight is 309 g/mol. The number of hydrogen-bond acceptors (Lipinski definition) is 3. The van der Waals surface area contributed by atoms with Gasteiger partial charge in [0.25, 0.3) is 5.91 Å². The molecular weight excluding hydrogens is 295 g/mol. The Balaban J connectivity index is 2.38. The number of carbonyl (C=O) groups excluding carboxylic acids is 1. The zero-order valence-corrected chi connectivity index (χ0v) is 12.0. The predicted octanol–water partition coefficient (Wildman–Crippen LogP) is 3.16. The van der Waals surface area contributed by atoms with Gasteiger partial charge in [-0.05, 0) is 18.6 Å². The summed E-state index contributed by atoms with van der Waals surface area (Å²) in [6, 6.07) is 6.63. The molecule has 7 heteroatoms. The second-order valence-corrected chi connectivity index (χ2v) is 4.82. The fourth-order valence-corrected chi connectivity index (χ4v) is 2.14. The Hall–Kier alpha value is -2.44. The van der Waals surface area contributed by atoms with E-state index in [0.717, 1.165) is 13.4 Å². The van der Waals surface area contributed by atoms with E-state index in [0.29, 0.717) is 10.6 Å². The van der Waals surface area contributed by atoms with E-state index in [4.69, 9.17) is 0 Å². The molecule has 1 heterocycles. The van der Waals surface area contributed by atoms with Crippen molar-refractivity contribution in [2.45, 2.75) is 19.1 Å². The lowest BCUT2D eigenvalue weighted by atomic mass is 10.0. The van der Waals surface area contributed by atoms with Crippen molar-refractivity contribution in [3.8, 4) is 0 Å². The van der Waals surface area contributed by atoms with Gasteiger partial charge in [-0.25, -0.2) is 9.97 Å². The summed E-state index contributed by atoms with van der Waals surface area (Å²) >= 11 is 0. The molecule has 1 amide bonds. The SMILES string of the molecule is Cc1cc(C(=O)N(C)[C@H](c2ccccc2)C(F)(F)F)ncn1. The van der Waals surface area contributed by atoms with E-state index in [9.17, 15) is 18.0 Å². The molecule has 1 aromatic carbocycles. The van der Waals surface area contributed by atoms with Crippen LogP contribution in [0, 0.1) is 6.92 Å². The van der Waals surface area contributed by atoms with Crippen molar-refractivity contribution in [1.29, 1.82) is 0 Å². The van der Waals surface area contributed by atoms with Crippen LogP contribution in [0.5, 0.6) is 0 Å². The van der Waals surface area contributed by atoms with E-state index < -0.39 is 18.1 Å². The fraction of sp³-hybridized carbons (Fsp3) is 0.267. The van der Waals surface area contributed by atoms with Crippen LogP contribution in [-0.4, -0.2) is 34.0 Å². The molecule has 0 spiro atoms. The summed E-state index contributed by atoms with van der Waals surface area (Å²) in [5.41, 5.74) is 0.437. The van der Waals surface area contributed by atoms with E-state index in [-0.39, 0.29) is 11.3 Å². The Kier molecular flexibility index (Phi) is 4.44. The van der Waals surface area contributed by atoms with E-state index in [2.05, 4.69) is 9.97 Å². The first-order valence-corrected chi connectivity index (χ1v) is 6.48. The number of amides is 1. The van der Waals surface area contributed by atoms with E-state index in [1.54, 1.807) is 13.0 Å². The number of aryl methyl sites for hydroxylation is 1. The summed E-state index contributed by atoms with van der Waals surface area (Å²) in [4.78, 5) is 20.5. The smallest absolute Gasteiger partial charge is 0.324 e.